The van der Waals surface area contributed by atoms with E-state index in [9.17, 15) is 4.21 Å². The highest BCUT2D eigenvalue weighted by Crippen LogP contribution is 2.26. The van der Waals surface area contributed by atoms with Gasteiger partial charge in [-0.2, -0.15) is 0 Å². The molecule has 0 saturated carbocycles. The largest absolute Gasteiger partial charge is 0.398 e. The van der Waals surface area contributed by atoms with Crippen molar-refractivity contribution >= 4 is 43.8 Å². The van der Waals surface area contributed by atoms with Gasteiger partial charge in [0.2, 0.25) is 0 Å². The SMILES string of the molecule is Cc1cccc(S(=O)Cc2cc(Br)cs2)c1N. The zero-order chi connectivity index (χ0) is 12.4. The van der Waals surface area contributed by atoms with Crippen molar-refractivity contribution in [3.63, 3.8) is 0 Å². The van der Waals surface area contributed by atoms with Crippen LogP contribution in [-0.4, -0.2) is 4.21 Å². The highest BCUT2D eigenvalue weighted by atomic mass is 79.9. The molecule has 0 amide bonds. The molecule has 0 aliphatic rings. The fourth-order valence-electron chi connectivity index (χ4n) is 1.49. The van der Waals surface area contributed by atoms with Crippen LogP contribution in [0.25, 0.3) is 0 Å². The Bertz CT molecular complexity index is 565. The Morgan fingerprint density at radius 1 is 1.47 bits per heavy atom. The molecule has 0 saturated heterocycles. The molecular weight excluding hydrogens is 318 g/mol. The Labute approximate surface area is 115 Å². The molecule has 0 radical (unpaired) electrons. The number of anilines is 1. The Morgan fingerprint density at radius 2 is 2.24 bits per heavy atom. The van der Waals surface area contributed by atoms with E-state index in [0.717, 1.165) is 19.8 Å². The van der Waals surface area contributed by atoms with Crippen LogP contribution in [0.1, 0.15) is 10.4 Å². The first-order chi connectivity index (χ1) is 8.08. The van der Waals surface area contributed by atoms with Crippen LogP contribution in [0.4, 0.5) is 5.69 Å². The highest BCUT2D eigenvalue weighted by molar-refractivity contribution is 9.10. The maximum atomic E-state index is 12.2. The summed E-state index contributed by atoms with van der Waals surface area (Å²) in [5, 5.41) is 1.99. The van der Waals surface area contributed by atoms with Gasteiger partial charge in [-0.25, -0.2) is 0 Å². The fourth-order valence-corrected chi connectivity index (χ4v) is 4.45. The van der Waals surface area contributed by atoms with Crippen LogP contribution in [0.5, 0.6) is 0 Å². The second-order valence-corrected chi connectivity index (χ2v) is 7.04. The lowest BCUT2D eigenvalue weighted by Gasteiger charge is -2.07. The summed E-state index contributed by atoms with van der Waals surface area (Å²) in [5.41, 5.74) is 7.56. The van der Waals surface area contributed by atoms with Crippen LogP contribution < -0.4 is 5.73 Å². The van der Waals surface area contributed by atoms with Crippen molar-refractivity contribution in [3.8, 4) is 0 Å². The first-order valence-corrected chi connectivity index (χ1v) is 8.03. The van der Waals surface area contributed by atoms with E-state index in [1.807, 2.05) is 36.6 Å². The molecule has 2 rings (SSSR count). The molecule has 17 heavy (non-hydrogen) atoms. The van der Waals surface area contributed by atoms with E-state index in [2.05, 4.69) is 15.9 Å². The van der Waals surface area contributed by atoms with E-state index in [4.69, 9.17) is 5.73 Å². The molecule has 0 aliphatic carbocycles. The number of benzene rings is 1. The van der Waals surface area contributed by atoms with E-state index >= 15 is 0 Å². The van der Waals surface area contributed by atoms with E-state index in [1.54, 1.807) is 11.3 Å². The van der Waals surface area contributed by atoms with Crippen molar-refractivity contribution in [1.29, 1.82) is 0 Å². The number of halogens is 1. The maximum absolute atomic E-state index is 12.2. The van der Waals surface area contributed by atoms with Crippen LogP contribution in [0.2, 0.25) is 0 Å². The summed E-state index contributed by atoms with van der Waals surface area (Å²) in [5.74, 6) is 0.518. The molecule has 1 aromatic carbocycles. The summed E-state index contributed by atoms with van der Waals surface area (Å²) in [6, 6.07) is 7.65. The Balaban J connectivity index is 2.23. The van der Waals surface area contributed by atoms with Crippen LogP contribution in [0.15, 0.2) is 39.0 Å². The quantitative estimate of drug-likeness (QED) is 0.872. The first-order valence-electron chi connectivity index (χ1n) is 5.04. The van der Waals surface area contributed by atoms with Gasteiger partial charge in [0.1, 0.15) is 0 Å². The smallest absolute Gasteiger partial charge is 0.0627 e. The Hall–Kier alpha value is -0.650. The number of thiophene rings is 1. The predicted octanol–water partition coefficient (Wildman–Crippen LogP) is 3.71. The molecule has 0 spiro atoms. The van der Waals surface area contributed by atoms with Gasteiger partial charge >= 0.3 is 0 Å². The van der Waals surface area contributed by atoms with Gasteiger partial charge in [-0.1, -0.05) is 12.1 Å². The lowest BCUT2D eigenvalue weighted by molar-refractivity contribution is 0.683. The van der Waals surface area contributed by atoms with Gasteiger partial charge in [0.15, 0.2) is 0 Å². The summed E-state index contributed by atoms with van der Waals surface area (Å²) in [6.45, 7) is 1.93. The number of nitrogen functional groups attached to an aromatic ring is 1. The van der Waals surface area contributed by atoms with Gasteiger partial charge in [0.25, 0.3) is 0 Å². The van der Waals surface area contributed by atoms with E-state index < -0.39 is 10.8 Å². The zero-order valence-electron chi connectivity index (χ0n) is 9.27. The van der Waals surface area contributed by atoms with Crippen molar-refractivity contribution in [2.75, 3.05) is 5.73 Å². The maximum Gasteiger partial charge on any atom is 0.0627 e. The third kappa shape index (κ3) is 2.97. The van der Waals surface area contributed by atoms with E-state index in [-0.39, 0.29) is 0 Å². The molecule has 2 nitrogen and oxygen atoms in total. The molecule has 2 N–H and O–H groups in total. The van der Waals surface area contributed by atoms with Crippen molar-refractivity contribution in [2.24, 2.45) is 0 Å². The second-order valence-electron chi connectivity index (χ2n) is 3.71. The van der Waals surface area contributed by atoms with Gasteiger partial charge in [0, 0.05) is 14.7 Å². The monoisotopic (exact) mass is 329 g/mol. The normalized spacial score (nSPS) is 12.6. The van der Waals surface area contributed by atoms with Crippen LogP contribution in [0, 0.1) is 6.92 Å². The van der Waals surface area contributed by atoms with Gasteiger partial charge in [-0.3, -0.25) is 4.21 Å². The van der Waals surface area contributed by atoms with Gasteiger partial charge in [-0.15, -0.1) is 11.3 Å². The first kappa shape index (κ1) is 12.8. The molecule has 90 valence electrons. The molecule has 1 atom stereocenters. The third-order valence-electron chi connectivity index (χ3n) is 2.42. The van der Waals surface area contributed by atoms with E-state index in [0.29, 0.717) is 11.4 Å². The summed E-state index contributed by atoms with van der Waals surface area (Å²) in [6.07, 6.45) is 0. The van der Waals surface area contributed by atoms with Crippen LogP contribution in [0.3, 0.4) is 0 Å². The summed E-state index contributed by atoms with van der Waals surface area (Å²) < 4.78 is 13.3. The zero-order valence-corrected chi connectivity index (χ0v) is 12.5. The number of aryl methyl sites for hydroxylation is 1. The van der Waals surface area contributed by atoms with Crippen molar-refractivity contribution in [1.82, 2.24) is 0 Å². The highest BCUT2D eigenvalue weighted by Gasteiger charge is 2.11. The topological polar surface area (TPSA) is 43.1 Å². The van der Waals surface area contributed by atoms with Crippen molar-refractivity contribution < 1.29 is 4.21 Å². The molecular formula is C12H12BrNOS2. The van der Waals surface area contributed by atoms with Gasteiger partial charge in [-0.05, 0) is 40.5 Å². The second kappa shape index (κ2) is 5.33. The molecule has 0 aliphatic heterocycles. The number of hydrogen-bond donors (Lipinski definition) is 1. The van der Waals surface area contributed by atoms with Crippen LogP contribution >= 0.6 is 27.3 Å². The lowest BCUT2D eigenvalue weighted by atomic mass is 10.2. The number of hydrogen-bond acceptors (Lipinski definition) is 3. The molecule has 1 unspecified atom stereocenters. The lowest BCUT2D eigenvalue weighted by Crippen LogP contribution is -2.01. The van der Waals surface area contributed by atoms with Crippen LogP contribution in [-0.2, 0) is 16.6 Å². The number of nitrogens with two attached hydrogens (primary N) is 1. The van der Waals surface area contributed by atoms with Crippen molar-refractivity contribution in [3.05, 3.63) is 44.6 Å². The fraction of sp³-hybridized carbons (Fsp3) is 0.167. The standard InChI is InChI=1S/C12H12BrNOS2/c1-8-3-2-4-11(12(8)14)17(15)7-10-5-9(13)6-16-10/h2-6H,7,14H2,1H3. The predicted molar refractivity (Wildman–Crippen MR) is 77.7 cm³/mol. The van der Waals surface area contributed by atoms with Crippen molar-refractivity contribution in [2.45, 2.75) is 17.6 Å². The minimum atomic E-state index is -1.08. The Morgan fingerprint density at radius 3 is 2.88 bits per heavy atom. The molecule has 0 fully saturated rings. The molecule has 0 bridgehead atoms. The minimum Gasteiger partial charge on any atom is -0.398 e. The molecule has 5 heteroatoms. The summed E-state index contributed by atoms with van der Waals surface area (Å²) in [4.78, 5) is 1.82. The average Bonchev–Trinajstić information content (AvgIpc) is 2.68. The molecule has 1 heterocycles. The van der Waals surface area contributed by atoms with E-state index in [1.165, 1.54) is 0 Å². The van der Waals surface area contributed by atoms with Gasteiger partial charge in [0.05, 0.1) is 27.1 Å². The number of para-hydroxylation sites is 1. The summed E-state index contributed by atoms with van der Waals surface area (Å²) >= 11 is 4.99. The minimum absolute atomic E-state index is 0.518. The molecule has 1 aromatic heterocycles. The Kier molecular flexibility index (Phi) is 4.01. The third-order valence-corrected chi connectivity index (χ3v) is 5.72. The van der Waals surface area contributed by atoms with Gasteiger partial charge < -0.3 is 5.73 Å². The summed E-state index contributed by atoms with van der Waals surface area (Å²) in [7, 11) is -1.08. The number of rotatable bonds is 3. The molecule has 2 aromatic rings. The average molecular weight is 330 g/mol.